The predicted molar refractivity (Wildman–Crippen MR) is 111 cm³/mol. The summed E-state index contributed by atoms with van der Waals surface area (Å²) in [5.74, 6) is 0.332. The first-order valence-corrected chi connectivity index (χ1v) is 9.37. The Balaban J connectivity index is 1.98. The van der Waals surface area contributed by atoms with Crippen LogP contribution in [0.1, 0.15) is 43.0 Å². The largest absolute Gasteiger partial charge is 0.309 e. The first kappa shape index (κ1) is 19.2. The van der Waals surface area contributed by atoms with Crippen LogP contribution in [-0.4, -0.2) is 15.7 Å². The molecular formula is C22H24ClN3O. The van der Waals surface area contributed by atoms with E-state index in [1.165, 1.54) is 0 Å². The molecule has 0 bridgehead atoms. The Hall–Kier alpha value is -2.59. The van der Waals surface area contributed by atoms with E-state index in [1.807, 2.05) is 67.6 Å². The number of carbonyl (C=O) groups excluding carboxylic acids is 1. The highest BCUT2D eigenvalue weighted by Crippen LogP contribution is 2.29. The van der Waals surface area contributed by atoms with Crippen LogP contribution >= 0.6 is 11.6 Å². The highest BCUT2D eigenvalue weighted by molar-refractivity contribution is 6.32. The summed E-state index contributed by atoms with van der Waals surface area (Å²) < 4.78 is 1.78. The van der Waals surface area contributed by atoms with Gasteiger partial charge in [-0.3, -0.25) is 4.79 Å². The van der Waals surface area contributed by atoms with Gasteiger partial charge in [0, 0.05) is 11.5 Å². The maximum absolute atomic E-state index is 12.8. The molecule has 0 saturated carbocycles. The smallest absolute Gasteiger partial charge is 0.248 e. The van der Waals surface area contributed by atoms with Crippen molar-refractivity contribution >= 4 is 23.3 Å². The second kappa shape index (κ2) is 7.57. The first-order valence-electron chi connectivity index (χ1n) is 8.94. The Bertz CT molecular complexity index is 942. The Labute approximate surface area is 165 Å². The van der Waals surface area contributed by atoms with Gasteiger partial charge in [-0.25, -0.2) is 4.68 Å². The number of halogens is 1. The van der Waals surface area contributed by atoms with Crippen LogP contribution in [0.3, 0.4) is 0 Å². The average molecular weight is 382 g/mol. The van der Waals surface area contributed by atoms with Crippen molar-refractivity contribution in [2.75, 3.05) is 5.32 Å². The number of alkyl halides is 1. The van der Waals surface area contributed by atoms with Crippen molar-refractivity contribution in [3.05, 3.63) is 77.5 Å². The van der Waals surface area contributed by atoms with Crippen LogP contribution in [0.15, 0.2) is 60.7 Å². The normalized spacial score (nSPS) is 12.6. The average Bonchev–Trinajstić information content (AvgIpc) is 3.06. The van der Waals surface area contributed by atoms with Crippen molar-refractivity contribution in [2.24, 2.45) is 0 Å². The molecule has 4 nitrogen and oxygen atoms in total. The van der Waals surface area contributed by atoms with Gasteiger partial charge in [0.2, 0.25) is 5.91 Å². The minimum atomic E-state index is -0.774. The molecule has 140 valence electrons. The summed E-state index contributed by atoms with van der Waals surface area (Å²) in [7, 11) is 0. The molecule has 1 N–H and O–H groups in total. The number of rotatable bonds is 4. The van der Waals surface area contributed by atoms with Gasteiger partial charge in [-0.1, -0.05) is 69.3 Å². The molecule has 1 heterocycles. The van der Waals surface area contributed by atoms with Gasteiger partial charge in [-0.05, 0) is 24.1 Å². The van der Waals surface area contributed by atoms with Gasteiger partial charge in [0.1, 0.15) is 11.2 Å². The number of aromatic nitrogens is 2. The predicted octanol–water partition coefficient (Wildman–Crippen LogP) is 5.40. The van der Waals surface area contributed by atoms with E-state index in [1.54, 1.807) is 4.68 Å². The molecule has 0 aliphatic carbocycles. The van der Waals surface area contributed by atoms with Crippen molar-refractivity contribution in [2.45, 2.75) is 38.5 Å². The second-order valence-corrected chi connectivity index (χ2v) is 8.06. The molecule has 0 spiro atoms. The topological polar surface area (TPSA) is 46.9 Å². The van der Waals surface area contributed by atoms with E-state index < -0.39 is 5.38 Å². The molecule has 3 rings (SSSR count). The molecule has 0 aliphatic rings. The highest BCUT2D eigenvalue weighted by Gasteiger charge is 2.24. The van der Waals surface area contributed by atoms with Crippen LogP contribution in [0.2, 0.25) is 0 Å². The second-order valence-electron chi connectivity index (χ2n) is 7.63. The van der Waals surface area contributed by atoms with E-state index in [0.29, 0.717) is 5.82 Å². The molecular weight excluding hydrogens is 358 g/mol. The number of nitrogens with zero attached hydrogens (tertiary/aromatic N) is 2. The molecule has 1 aromatic heterocycles. The van der Waals surface area contributed by atoms with Crippen molar-refractivity contribution < 1.29 is 4.79 Å². The summed E-state index contributed by atoms with van der Waals surface area (Å²) in [6.45, 7) is 8.31. The van der Waals surface area contributed by atoms with Crippen LogP contribution in [0, 0.1) is 6.92 Å². The lowest BCUT2D eigenvalue weighted by molar-refractivity contribution is -0.116. The van der Waals surface area contributed by atoms with Crippen LogP contribution in [0.25, 0.3) is 5.69 Å². The van der Waals surface area contributed by atoms with E-state index in [2.05, 4.69) is 26.1 Å². The van der Waals surface area contributed by atoms with Crippen molar-refractivity contribution in [1.82, 2.24) is 9.78 Å². The number of hydrogen-bond donors (Lipinski definition) is 1. The summed E-state index contributed by atoms with van der Waals surface area (Å²) in [6, 6.07) is 19.2. The van der Waals surface area contributed by atoms with E-state index >= 15 is 0 Å². The Morgan fingerprint density at radius 2 is 1.70 bits per heavy atom. The number of nitrogens with one attached hydrogen (secondary N) is 1. The summed E-state index contributed by atoms with van der Waals surface area (Å²) in [5, 5.41) is 6.94. The van der Waals surface area contributed by atoms with Crippen LogP contribution in [0.4, 0.5) is 5.82 Å². The lowest BCUT2D eigenvalue weighted by Gasteiger charge is -2.14. The molecule has 0 saturated heterocycles. The summed E-state index contributed by atoms with van der Waals surface area (Å²) in [6.07, 6.45) is 0. The zero-order chi connectivity index (χ0) is 19.6. The number of para-hydroxylation sites is 1. The molecule has 3 aromatic rings. The number of aryl methyl sites for hydroxylation is 1. The van der Waals surface area contributed by atoms with Gasteiger partial charge >= 0.3 is 0 Å². The Kier molecular flexibility index (Phi) is 5.38. The molecule has 5 heteroatoms. The highest BCUT2D eigenvalue weighted by atomic mass is 35.5. The fourth-order valence-corrected chi connectivity index (χ4v) is 2.98. The van der Waals surface area contributed by atoms with Gasteiger partial charge < -0.3 is 5.32 Å². The number of amides is 1. The molecule has 0 radical (unpaired) electrons. The molecule has 1 unspecified atom stereocenters. The van der Waals surface area contributed by atoms with E-state index in [9.17, 15) is 4.79 Å². The van der Waals surface area contributed by atoms with Crippen LogP contribution in [0.5, 0.6) is 0 Å². The molecule has 0 aliphatic heterocycles. The third kappa shape index (κ3) is 4.22. The van der Waals surface area contributed by atoms with Gasteiger partial charge in [0.25, 0.3) is 0 Å². The van der Waals surface area contributed by atoms with E-state index in [-0.39, 0.29) is 11.3 Å². The standard InChI is InChI=1S/C22H24ClN3O/c1-15-10-8-9-13-17(15)26-19(14-18(25-26)22(2,3)4)24-21(27)20(23)16-11-6-5-7-12-16/h5-14,20H,1-4H3,(H,24,27). The lowest BCUT2D eigenvalue weighted by Crippen LogP contribution is -2.19. The van der Waals surface area contributed by atoms with Gasteiger partial charge in [0.05, 0.1) is 11.4 Å². The molecule has 2 aromatic carbocycles. The van der Waals surface area contributed by atoms with Gasteiger partial charge in [-0.15, -0.1) is 11.6 Å². The molecule has 0 fully saturated rings. The fraction of sp³-hybridized carbons (Fsp3) is 0.273. The maximum Gasteiger partial charge on any atom is 0.248 e. The fourth-order valence-electron chi connectivity index (χ4n) is 2.78. The van der Waals surface area contributed by atoms with E-state index in [4.69, 9.17) is 16.7 Å². The third-order valence-corrected chi connectivity index (χ3v) is 4.85. The van der Waals surface area contributed by atoms with Crippen LogP contribution < -0.4 is 5.32 Å². The van der Waals surface area contributed by atoms with Crippen LogP contribution in [-0.2, 0) is 10.2 Å². The molecule has 1 atom stereocenters. The number of hydrogen-bond acceptors (Lipinski definition) is 2. The quantitative estimate of drug-likeness (QED) is 0.615. The number of carbonyl (C=O) groups is 1. The van der Waals surface area contributed by atoms with Gasteiger partial charge in [-0.2, -0.15) is 5.10 Å². The number of anilines is 1. The van der Waals surface area contributed by atoms with Crippen molar-refractivity contribution in [3.8, 4) is 5.69 Å². The summed E-state index contributed by atoms with van der Waals surface area (Å²) >= 11 is 6.39. The third-order valence-electron chi connectivity index (χ3n) is 4.40. The minimum Gasteiger partial charge on any atom is -0.309 e. The van der Waals surface area contributed by atoms with Gasteiger partial charge in [0.15, 0.2) is 0 Å². The Morgan fingerprint density at radius 1 is 1.07 bits per heavy atom. The van der Waals surface area contributed by atoms with Crippen molar-refractivity contribution in [3.63, 3.8) is 0 Å². The zero-order valence-corrected chi connectivity index (χ0v) is 16.8. The van der Waals surface area contributed by atoms with Crippen molar-refractivity contribution in [1.29, 1.82) is 0 Å². The van der Waals surface area contributed by atoms with E-state index in [0.717, 1.165) is 22.5 Å². The summed E-state index contributed by atoms with van der Waals surface area (Å²) in [4.78, 5) is 12.8. The monoisotopic (exact) mass is 381 g/mol. The maximum atomic E-state index is 12.8. The lowest BCUT2D eigenvalue weighted by atomic mass is 9.92. The zero-order valence-electron chi connectivity index (χ0n) is 16.0. The number of benzene rings is 2. The minimum absolute atomic E-state index is 0.146. The first-order chi connectivity index (χ1) is 12.8. The Morgan fingerprint density at radius 3 is 2.33 bits per heavy atom. The SMILES string of the molecule is Cc1ccccc1-n1nc(C(C)(C)C)cc1NC(=O)C(Cl)c1ccccc1. The molecule has 27 heavy (non-hydrogen) atoms. The molecule has 1 amide bonds. The summed E-state index contributed by atoms with van der Waals surface area (Å²) in [5.41, 5.74) is 3.51.